The third-order valence-electron chi connectivity index (χ3n) is 15.2. The van der Waals surface area contributed by atoms with E-state index in [1.54, 1.807) is 6.08 Å². The predicted octanol–water partition coefficient (Wildman–Crippen LogP) is 20.6. The second kappa shape index (κ2) is 61.9. The number of aliphatic hydroxyl groups excluding tert-OH is 2. The van der Waals surface area contributed by atoms with Gasteiger partial charge in [-0.1, -0.05) is 314 Å². The highest BCUT2D eigenvalue weighted by Gasteiger charge is 2.18. The first-order valence-electron chi connectivity index (χ1n) is 32.6. The summed E-state index contributed by atoms with van der Waals surface area (Å²) < 4.78 is 5.49. The zero-order chi connectivity index (χ0) is 52.2. The van der Waals surface area contributed by atoms with E-state index in [2.05, 4.69) is 31.3 Å². The van der Waals surface area contributed by atoms with Crippen LogP contribution in [0.3, 0.4) is 0 Å². The molecule has 6 nitrogen and oxygen atoms in total. The molecule has 0 aromatic rings. The van der Waals surface area contributed by atoms with Gasteiger partial charge in [-0.3, -0.25) is 9.59 Å². The molecule has 0 aliphatic rings. The fourth-order valence-electron chi connectivity index (χ4n) is 10.2. The summed E-state index contributed by atoms with van der Waals surface area (Å²) in [5.74, 6) is -0.0754. The fraction of sp³-hybridized carbons (Fsp3) is 0.909. The summed E-state index contributed by atoms with van der Waals surface area (Å²) in [5, 5.41) is 23.2. The van der Waals surface area contributed by atoms with Crippen LogP contribution in [0, 0.1) is 0 Å². The molecule has 0 fully saturated rings. The Morgan fingerprint density at radius 1 is 0.375 bits per heavy atom. The van der Waals surface area contributed by atoms with Crippen molar-refractivity contribution in [2.24, 2.45) is 0 Å². The van der Waals surface area contributed by atoms with E-state index in [1.807, 2.05) is 6.08 Å². The highest BCUT2D eigenvalue weighted by atomic mass is 16.5. The van der Waals surface area contributed by atoms with Crippen molar-refractivity contribution in [1.29, 1.82) is 0 Å². The van der Waals surface area contributed by atoms with Crippen LogP contribution in [0.2, 0.25) is 0 Å². The van der Waals surface area contributed by atoms with Crippen LogP contribution < -0.4 is 5.32 Å². The number of allylic oxidation sites excluding steroid dienone is 3. The second-order valence-electron chi connectivity index (χ2n) is 22.5. The Morgan fingerprint density at radius 2 is 0.653 bits per heavy atom. The SMILES string of the molecule is CCCCCCCCC/C=C\CCCCCCCCCC(=O)OCCCCCCCCCCCCCCCCCC(=O)NC(CO)C(O)/C=C/CCCCCCCCCCCCCCCCCCCCCC. The molecule has 426 valence electrons. The van der Waals surface area contributed by atoms with Crippen molar-refractivity contribution in [2.75, 3.05) is 13.2 Å². The Morgan fingerprint density at radius 3 is 0.986 bits per heavy atom. The molecular formula is C66H127NO5. The summed E-state index contributed by atoms with van der Waals surface area (Å²) in [7, 11) is 0. The van der Waals surface area contributed by atoms with Crippen molar-refractivity contribution in [2.45, 2.75) is 373 Å². The molecule has 0 aromatic carbocycles. The van der Waals surface area contributed by atoms with Crippen molar-refractivity contribution in [3.05, 3.63) is 24.3 Å². The van der Waals surface area contributed by atoms with Gasteiger partial charge in [0.1, 0.15) is 0 Å². The largest absolute Gasteiger partial charge is 0.466 e. The van der Waals surface area contributed by atoms with E-state index in [0.717, 1.165) is 51.4 Å². The smallest absolute Gasteiger partial charge is 0.305 e. The van der Waals surface area contributed by atoms with Crippen molar-refractivity contribution >= 4 is 11.9 Å². The zero-order valence-electron chi connectivity index (χ0n) is 48.7. The number of aliphatic hydroxyl groups is 2. The van der Waals surface area contributed by atoms with Crippen LogP contribution in [0.1, 0.15) is 361 Å². The standard InChI is InChI=1S/C66H127NO5/c1-3-5-7-9-11-13-15-17-19-21-23-24-25-26-27-30-34-38-42-46-50-54-58-64(69)63(62-68)67-65(70)59-55-51-47-43-39-35-31-29-33-37-41-45-49-53-57-61-72-66(71)60-56-52-48-44-40-36-32-28-22-20-18-16-14-12-10-8-6-4-2/h20,22,54,58,63-64,68-69H,3-19,21,23-53,55-57,59-62H2,1-2H3,(H,67,70)/b22-20-,58-54+. The molecule has 0 spiro atoms. The summed E-state index contributed by atoms with van der Waals surface area (Å²) in [6.07, 6.45) is 76.5. The molecule has 0 aliphatic carbocycles. The van der Waals surface area contributed by atoms with E-state index in [9.17, 15) is 19.8 Å². The summed E-state index contributed by atoms with van der Waals surface area (Å²) in [6, 6.07) is -0.636. The molecule has 0 bridgehead atoms. The Kier molecular flexibility index (Phi) is 60.5. The molecule has 1 amide bonds. The lowest BCUT2D eigenvalue weighted by Gasteiger charge is -2.20. The van der Waals surface area contributed by atoms with E-state index in [1.165, 1.54) is 283 Å². The topological polar surface area (TPSA) is 95.9 Å². The number of hydrogen-bond donors (Lipinski definition) is 3. The monoisotopic (exact) mass is 1010 g/mol. The Labute approximate surface area is 450 Å². The number of carbonyl (C=O) groups excluding carboxylic acids is 2. The highest BCUT2D eigenvalue weighted by molar-refractivity contribution is 5.76. The van der Waals surface area contributed by atoms with Gasteiger partial charge in [0.05, 0.1) is 25.4 Å². The van der Waals surface area contributed by atoms with Crippen LogP contribution in [-0.2, 0) is 14.3 Å². The minimum atomic E-state index is -0.851. The molecule has 0 saturated carbocycles. The van der Waals surface area contributed by atoms with Gasteiger partial charge >= 0.3 is 5.97 Å². The third-order valence-corrected chi connectivity index (χ3v) is 15.2. The zero-order valence-corrected chi connectivity index (χ0v) is 48.7. The minimum absolute atomic E-state index is 0.00243. The van der Waals surface area contributed by atoms with Gasteiger partial charge in [-0.2, -0.15) is 0 Å². The van der Waals surface area contributed by atoms with Gasteiger partial charge in [0.25, 0.3) is 0 Å². The Bertz CT molecular complexity index is 1120. The summed E-state index contributed by atoms with van der Waals surface area (Å²) in [5.41, 5.74) is 0. The van der Waals surface area contributed by atoms with Gasteiger partial charge in [0.15, 0.2) is 0 Å². The van der Waals surface area contributed by atoms with Gasteiger partial charge in [0, 0.05) is 12.8 Å². The van der Waals surface area contributed by atoms with Crippen LogP contribution >= 0.6 is 0 Å². The van der Waals surface area contributed by atoms with Crippen LogP contribution in [0.4, 0.5) is 0 Å². The summed E-state index contributed by atoms with van der Waals surface area (Å²) in [4.78, 5) is 24.6. The maximum Gasteiger partial charge on any atom is 0.305 e. The maximum atomic E-state index is 12.5. The molecule has 3 N–H and O–H groups in total. The van der Waals surface area contributed by atoms with Gasteiger partial charge in [0.2, 0.25) is 5.91 Å². The molecule has 0 radical (unpaired) electrons. The lowest BCUT2D eigenvalue weighted by Crippen LogP contribution is -2.45. The number of carbonyl (C=O) groups is 2. The number of unbranched alkanes of at least 4 members (excludes halogenated alkanes) is 48. The maximum absolute atomic E-state index is 12.5. The molecule has 0 aliphatic heterocycles. The van der Waals surface area contributed by atoms with E-state index in [4.69, 9.17) is 4.74 Å². The average molecular weight is 1010 g/mol. The van der Waals surface area contributed by atoms with Gasteiger partial charge < -0.3 is 20.3 Å². The number of amides is 1. The number of hydrogen-bond acceptors (Lipinski definition) is 5. The van der Waals surface area contributed by atoms with Crippen molar-refractivity contribution < 1.29 is 24.5 Å². The van der Waals surface area contributed by atoms with Gasteiger partial charge in [-0.15, -0.1) is 0 Å². The number of esters is 1. The van der Waals surface area contributed by atoms with Gasteiger partial charge in [-0.25, -0.2) is 0 Å². The summed E-state index contributed by atoms with van der Waals surface area (Å²) in [6.45, 7) is 4.91. The molecule has 0 heterocycles. The lowest BCUT2D eigenvalue weighted by molar-refractivity contribution is -0.143. The molecule has 72 heavy (non-hydrogen) atoms. The normalized spacial score (nSPS) is 12.7. The minimum Gasteiger partial charge on any atom is -0.466 e. The number of nitrogens with one attached hydrogen (secondary N) is 1. The van der Waals surface area contributed by atoms with E-state index in [-0.39, 0.29) is 18.5 Å². The first-order valence-corrected chi connectivity index (χ1v) is 32.6. The quantitative estimate of drug-likeness (QED) is 0.0320. The van der Waals surface area contributed by atoms with Crippen LogP contribution in [-0.4, -0.2) is 47.4 Å². The molecule has 6 heteroatoms. The second-order valence-corrected chi connectivity index (χ2v) is 22.5. The van der Waals surface area contributed by atoms with E-state index >= 15 is 0 Å². The fourth-order valence-corrected chi connectivity index (χ4v) is 10.2. The molecule has 2 unspecified atom stereocenters. The average Bonchev–Trinajstić information content (AvgIpc) is 3.38. The first kappa shape index (κ1) is 70.3. The van der Waals surface area contributed by atoms with E-state index in [0.29, 0.717) is 19.4 Å². The Balaban J connectivity index is 3.45. The predicted molar refractivity (Wildman–Crippen MR) is 315 cm³/mol. The van der Waals surface area contributed by atoms with Crippen molar-refractivity contribution in [3.8, 4) is 0 Å². The van der Waals surface area contributed by atoms with Crippen LogP contribution in [0.15, 0.2) is 24.3 Å². The van der Waals surface area contributed by atoms with Gasteiger partial charge in [-0.05, 0) is 57.8 Å². The number of rotatable bonds is 61. The first-order chi connectivity index (χ1) is 35.5. The Hall–Kier alpha value is -1.66. The highest BCUT2D eigenvalue weighted by Crippen LogP contribution is 2.18. The lowest BCUT2D eigenvalue weighted by atomic mass is 10.0. The molecule has 0 rings (SSSR count). The molecule has 2 atom stereocenters. The summed E-state index contributed by atoms with van der Waals surface area (Å²) >= 11 is 0. The third kappa shape index (κ3) is 57.6. The molecule has 0 aromatic heterocycles. The molecular weight excluding hydrogens is 887 g/mol. The van der Waals surface area contributed by atoms with Crippen molar-refractivity contribution in [3.63, 3.8) is 0 Å². The van der Waals surface area contributed by atoms with E-state index < -0.39 is 12.1 Å². The number of ether oxygens (including phenoxy) is 1. The van der Waals surface area contributed by atoms with Crippen LogP contribution in [0.5, 0.6) is 0 Å². The molecule has 0 saturated heterocycles. The van der Waals surface area contributed by atoms with Crippen LogP contribution in [0.25, 0.3) is 0 Å². The van der Waals surface area contributed by atoms with Crippen molar-refractivity contribution in [1.82, 2.24) is 5.32 Å².